The summed E-state index contributed by atoms with van der Waals surface area (Å²) in [6, 6.07) is 7.32. The quantitative estimate of drug-likeness (QED) is 0.746. The largest absolute Gasteiger partial charge is 0.480 e. The summed E-state index contributed by atoms with van der Waals surface area (Å²) in [6.07, 6.45) is 1.52. The molecule has 20 heavy (non-hydrogen) atoms. The number of hydrogen-bond donors (Lipinski definition) is 2. The molecule has 1 aromatic carbocycles. The lowest BCUT2D eigenvalue weighted by Crippen LogP contribution is -2.41. The number of para-hydroxylation sites is 1. The SMILES string of the molecule is CCC(C)N(CC(=O)O)C(=O)CCc1ccccc1N. The Labute approximate surface area is 119 Å². The summed E-state index contributed by atoms with van der Waals surface area (Å²) in [4.78, 5) is 24.5. The third-order valence-electron chi connectivity index (χ3n) is 3.41. The monoisotopic (exact) mass is 278 g/mol. The van der Waals surface area contributed by atoms with Crippen LogP contribution in [0.25, 0.3) is 0 Å². The number of carbonyl (C=O) groups is 2. The van der Waals surface area contributed by atoms with Gasteiger partial charge in [-0.05, 0) is 31.4 Å². The molecule has 0 spiro atoms. The van der Waals surface area contributed by atoms with E-state index in [2.05, 4.69) is 0 Å². The molecule has 0 saturated heterocycles. The Balaban J connectivity index is 2.67. The second-order valence-corrected chi connectivity index (χ2v) is 4.87. The van der Waals surface area contributed by atoms with Crippen LogP contribution in [0.15, 0.2) is 24.3 Å². The van der Waals surface area contributed by atoms with E-state index in [9.17, 15) is 9.59 Å². The van der Waals surface area contributed by atoms with Crippen molar-refractivity contribution in [1.29, 1.82) is 0 Å². The van der Waals surface area contributed by atoms with Crippen molar-refractivity contribution < 1.29 is 14.7 Å². The maximum Gasteiger partial charge on any atom is 0.323 e. The number of nitrogens with zero attached hydrogens (tertiary/aromatic N) is 1. The van der Waals surface area contributed by atoms with Crippen molar-refractivity contribution in [2.75, 3.05) is 12.3 Å². The molecule has 0 aliphatic rings. The predicted octanol–water partition coefficient (Wildman–Crippen LogP) is 1.91. The first-order valence-corrected chi connectivity index (χ1v) is 6.80. The molecule has 5 heteroatoms. The van der Waals surface area contributed by atoms with Gasteiger partial charge in [-0.3, -0.25) is 9.59 Å². The lowest BCUT2D eigenvalue weighted by Gasteiger charge is -2.27. The van der Waals surface area contributed by atoms with Gasteiger partial charge >= 0.3 is 5.97 Å². The van der Waals surface area contributed by atoms with Gasteiger partial charge < -0.3 is 15.7 Å². The molecule has 0 bridgehead atoms. The Hall–Kier alpha value is -2.04. The number of amides is 1. The molecule has 0 heterocycles. The van der Waals surface area contributed by atoms with Gasteiger partial charge in [0, 0.05) is 18.2 Å². The molecule has 0 fully saturated rings. The van der Waals surface area contributed by atoms with Gasteiger partial charge in [0.25, 0.3) is 0 Å². The van der Waals surface area contributed by atoms with Crippen LogP contribution in [0.5, 0.6) is 0 Å². The molecule has 1 unspecified atom stereocenters. The normalized spacial score (nSPS) is 11.9. The van der Waals surface area contributed by atoms with Crippen LogP contribution in [-0.2, 0) is 16.0 Å². The Morgan fingerprint density at radius 2 is 2.00 bits per heavy atom. The van der Waals surface area contributed by atoms with Crippen LogP contribution in [0.4, 0.5) is 5.69 Å². The smallest absolute Gasteiger partial charge is 0.323 e. The lowest BCUT2D eigenvalue weighted by atomic mass is 10.1. The highest BCUT2D eigenvalue weighted by molar-refractivity contribution is 5.81. The zero-order valence-corrected chi connectivity index (χ0v) is 12.0. The van der Waals surface area contributed by atoms with Gasteiger partial charge in [-0.1, -0.05) is 25.1 Å². The van der Waals surface area contributed by atoms with E-state index >= 15 is 0 Å². The number of aliphatic carboxylic acids is 1. The standard InChI is InChI=1S/C15H22N2O3/c1-3-11(2)17(10-15(19)20)14(18)9-8-12-6-4-5-7-13(12)16/h4-7,11H,3,8-10,16H2,1-2H3,(H,19,20). The molecule has 110 valence electrons. The van der Waals surface area contributed by atoms with Crippen molar-refractivity contribution in [2.45, 2.75) is 39.2 Å². The van der Waals surface area contributed by atoms with E-state index in [1.165, 1.54) is 4.90 Å². The average molecular weight is 278 g/mol. The molecule has 0 radical (unpaired) electrons. The van der Waals surface area contributed by atoms with E-state index in [1.54, 1.807) is 6.07 Å². The van der Waals surface area contributed by atoms with Crippen LogP contribution in [-0.4, -0.2) is 34.5 Å². The van der Waals surface area contributed by atoms with Gasteiger partial charge in [0.1, 0.15) is 6.54 Å². The molecule has 0 aromatic heterocycles. The first-order chi connectivity index (χ1) is 9.45. The average Bonchev–Trinajstić information content (AvgIpc) is 2.42. The Kier molecular flexibility index (Phi) is 6.03. The first-order valence-electron chi connectivity index (χ1n) is 6.80. The van der Waals surface area contributed by atoms with Crippen LogP contribution >= 0.6 is 0 Å². The minimum absolute atomic E-state index is 0.0771. The summed E-state index contributed by atoms with van der Waals surface area (Å²) >= 11 is 0. The fraction of sp³-hybridized carbons (Fsp3) is 0.467. The number of nitrogen functional groups attached to an aromatic ring is 1. The van der Waals surface area contributed by atoms with Crippen molar-refractivity contribution in [3.8, 4) is 0 Å². The molecule has 0 aliphatic heterocycles. The van der Waals surface area contributed by atoms with Crippen LogP contribution < -0.4 is 5.73 Å². The molecule has 3 N–H and O–H groups in total. The fourth-order valence-corrected chi connectivity index (χ4v) is 2.00. The molecule has 5 nitrogen and oxygen atoms in total. The topological polar surface area (TPSA) is 83.6 Å². The number of anilines is 1. The molecule has 1 amide bonds. The maximum atomic E-state index is 12.2. The molecule has 1 aromatic rings. The van der Waals surface area contributed by atoms with E-state index in [0.717, 1.165) is 12.0 Å². The summed E-state index contributed by atoms with van der Waals surface area (Å²) in [5, 5.41) is 8.89. The zero-order chi connectivity index (χ0) is 15.1. The van der Waals surface area contributed by atoms with E-state index in [1.807, 2.05) is 32.0 Å². The van der Waals surface area contributed by atoms with Crippen LogP contribution in [0.1, 0.15) is 32.3 Å². The van der Waals surface area contributed by atoms with E-state index in [4.69, 9.17) is 10.8 Å². The second kappa shape index (κ2) is 7.53. The predicted molar refractivity (Wildman–Crippen MR) is 78.3 cm³/mol. The van der Waals surface area contributed by atoms with E-state index in [-0.39, 0.29) is 24.9 Å². The molecule has 0 saturated carbocycles. The minimum Gasteiger partial charge on any atom is -0.480 e. The number of carbonyl (C=O) groups excluding carboxylic acids is 1. The molecular weight excluding hydrogens is 256 g/mol. The third kappa shape index (κ3) is 4.57. The van der Waals surface area contributed by atoms with Crippen molar-refractivity contribution in [2.24, 2.45) is 0 Å². The highest BCUT2D eigenvalue weighted by Crippen LogP contribution is 2.14. The Bertz CT molecular complexity index is 474. The van der Waals surface area contributed by atoms with Crippen LogP contribution in [0.2, 0.25) is 0 Å². The van der Waals surface area contributed by atoms with Crippen LogP contribution in [0, 0.1) is 0 Å². The summed E-state index contributed by atoms with van der Waals surface area (Å²) in [6.45, 7) is 3.54. The summed E-state index contributed by atoms with van der Waals surface area (Å²) in [5.74, 6) is -1.14. The zero-order valence-electron chi connectivity index (χ0n) is 12.0. The van der Waals surface area contributed by atoms with Crippen molar-refractivity contribution in [1.82, 2.24) is 4.90 Å². The van der Waals surface area contributed by atoms with Crippen molar-refractivity contribution >= 4 is 17.6 Å². The summed E-state index contributed by atoms with van der Waals surface area (Å²) < 4.78 is 0. The van der Waals surface area contributed by atoms with Gasteiger partial charge in [0.05, 0.1) is 0 Å². The van der Waals surface area contributed by atoms with E-state index < -0.39 is 5.97 Å². The number of carboxylic acids is 1. The van der Waals surface area contributed by atoms with Gasteiger partial charge in [0.15, 0.2) is 0 Å². The van der Waals surface area contributed by atoms with Gasteiger partial charge in [-0.2, -0.15) is 0 Å². The molecular formula is C15H22N2O3. The van der Waals surface area contributed by atoms with Gasteiger partial charge in [-0.25, -0.2) is 0 Å². The van der Waals surface area contributed by atoms with Crippen molar-refractivity contribution in [3.63, 3.8) is 0 Å². The Morgan fingerprint density at radius 1 is 1.35 bits per heavy atom. The minimum atomic E-state index is -0.988. The molecule has 0 aliphatic carbocycles. The lowest BCUT2D eigenvalue weighted by molar-refractivity contribution is -0.146. The number of hydrogen-bond acceptors (Lipinski definition) is 3. The number of carboxylic acid groups (broad SMARTS) is 1. The fourth-order valence-electron chi connectivity index (χ4n) is 2.00. The number of benzene rings is 1. The van der Waals surface area contributed by atoms with Gasteiger partial charge in [0.2, 0.25) is 5.91 Å². The third-order valence-corrected chi connectivity index (χ3v) is 3.41. The summed E-state index contributed by atoms with van der Waals surface area (Å²) in [7, 11) is 0. The van der Waals surface area contributed by atoms with Gasteiger partial charge in [-0.15, -0.1) is 0 Å². The molecule has 1 atom stereocenters. The molecule has 1 rings (SSSR count). The van der Waals surface area contributed by atoms with Crippen LogP contribution in [0.3, 0.4) is 0 Å². The second-order valence-electron chi connectivity index (χ2n) is 4.87. The Morgan fingerprint density at radius 3 is 2.55 bits per heavy atom. The first kappa shape index (κ1) is 16.0. The highest BCUT2D eigenvalue weighted by Gasteiger charge is 2.21. The number of aryl methyl sites for hydroxylation is 1. The summed E-state index contributed by atoms with van der Waals surface area (Å²) in [5.41, 5.74) is 7.41. The number of rotatable bonds is 7. The van der Waals surface area contributed by atoms with Crippen molar-refractivity contribution in [3.05, 3.63) is 29.8 Å². The van der Waals surface area contributed by atoms with E-state index in [0.29, 0.717) is 12.1 Å². The number of nitrogens with two attached hydrogens (primary N) is 1. The highest BCUT2D eigenvalue weighted by atomic mass is 16.4. The maximum absolute atomic E-state index is 12.2.